The highest BCUT2D eigenvalue weighted by Crippen LogP contribution is 2.11. The van der Waals surface area contributed by atoms with Gasteiger partial charge >= 0.3 is 0 Å². The normalized spacial score (nSPS) is 11.5. The number of imidazole rings is 1. The number of guanidine groups is 1. The van der Waals surface area contributed by atoms with Crippen molar-refractivity contribution in [1.82, 2.24) is 25.5 Å². The van der Waals surface area contributed by atoms with Crippen LogP contribution in [0.15, 0.2) is 53.5 Å². The number of para-hydroxylation sites is 2. The van der Waals surface area contributed by atoms with Gasteiger partial charge in [-0.25, -0.2) is 9.98 Å². The number of carbonyl (C=O) groups is 1. The molecule has 30 heavy (non-hydrogen) atoms. The van der Waals surface area contributed by atoms with Gasteiger partial charge in [0.1, 0.15) is 5.82 Å². The van der Waals surface area contributed by atoms with E-state index >= 15 is 0 Å². The van der Waals surface area contributed by atoms with Gasteiger partial charge in [0.2, 0.25) is 0 Å². The summed E-state index contributed by atoms with van der Waals surface area (Å²) in [5, 5.41) is 6.65. The molecule has 1 amide bonds. The van der Waals surface area contributed by atoms with Crippen LogP contribution in [-0.2, 0) is 13.0 Å². The maximum Gasteiger partial charge on any atom is 0.253 e. The van der Waals surface area contributed by atoms with Gasteiger partial charge in [0.25, 0.3) is 5.91 Å². The molecule has 0 saturated carbocycles. The number of benzene rings is 2. The number of carbonyl (C=O) groups excluding carboxylic acids is 1. The van der Waals surface area contributed by atoms with Crippen LogP contribution in [0.3, 0.4) is 0 Å². The van der Waals surface area contributed by atoms with Gasteiger partial charge in [-0.05, 0) is 43.2 Å². The maximum atomic E-state index is 12.0. The van der Waals surface area contributed by atoms with Crippen LogP contribution in [0.2, 0.25) is 0 Å². The van der Waals surface area contributed by atoms with E-state index in [1.165, 1.54) is 0 Å². The Balaban J connectivity index is 1.49. The molecule has 0 saturated heterocycles. The minimum atomic E-state index is 0.00418. The molecule has 0 aliphatic heterocycles. The van der Waals surface area contributed by atoms with E-state index < -0.39 is 0 Å². The third-order valence-corrected chi connectivity index (χ3v) is 4.69. The molecule has 0 spiro atoms. The summed E-state index contributed by atoms with van der Waals surface area (Å²) in [6.45, 7) is 4.20. The lowest BCUT2D eigenvalue weighted by molar-refractivity contribution is 0.0827. The first-order valence-corrected chi connectivity index (χ1v) is 10.3. The van der Waals surface area contributed by atoms with Crippen molar-refractivity contribution in [3.8, 4) is 0 Å². The average molecular weight is 407 g/mol. The Bertz CT molecular complexity index is 957. The third kappa shape index (κ3) is 5.83. The Morgan fingerprint density at radius 2 is 1.87 bits per heavy atom. The minimum absolute atomic E-state index is 0.00418. The molecule has 3 aromatic rings. The number of hydrogen-bond donors (Lipinski definition) is 3. The number of aliphatic imine (C=N–C) groups is 1. The molecular formula is C23H30N6O. The van der Waals surface area contributed by atoms with Crippen molar-refractivity contribution in [1.29, 1.82) is 0 Å². The van der Waals surface area contributed by atoms with E-state index in [4.69, 9.17) is 0 Å². The molecule has 0 unspecified atom stereocenters. The molecule has 0 aliphatic carbocycles. The second-order valence-corrected chi connectivity index (χ2v) is 7.32. The highest BCUT2D eigenvalue weighted by molar-refractivity contribution is 5.93. The number of nitrogens with one attached hydrogen (secondary N) is 3. The number of aryl methyl sites for hydroxylation is 1. The Morgan fingerprint density at radius 1 is 1.10 bits per heavy atom. The number of amides is 1. The number of nitrogens with zero attached hydrogens (tertiary/aromatic N) is 3. The Morgan fingerprint density at radius 3 is 2.57 bits per heavy atom. The summed E-state index contributed by atoms with van der Waals surface area (Å²) >= 11 is 0. The van der Waals surface area contributed by atoms with Crippen LogP contribution in [0.4, 0.5) is 0 Å². The van der Waals surface area contributed by atoms with Crippen LogP contribution in [0.25, 0.3) is 11.0 Å². The van der Waals surface area contributed by atoms with Crippen LogP contribution < -0.4 is 10.6 Å². The zero-order valence-electron chi connectivity index (χ0n) is 17.9. The second-order valence-electron chi connectivity index (χ2n) is 7.32. The highest BCUT2D eigenvalue weighted by Gasteiger charge is 2.07. The Kier molecular flexibility index (Phi) is 7.43. The summed E-state index contributed by atoms with van der Waals surface area (Å²) in [6.07, 6.45) is 1.83. The van der Waals surface area contributed by atoms with Crippen LogP contribution in [-0.4, -0.2) is 53.9 Å². The van der Waals surface area contributed by atoms with E-state index in [0.29, 0.717) is 12.1 Å². The largest absolute Gasteiger partial charge is 0.357 e. The zero-order chi connectivity index (χ0) is 21.3. The first-order chi connectivity index (χ1) is 14.6. The lowest BCUT2D eigenvalue weighted by Crippen LogP contribution is -2.37. The first kappa shape index (κ1) is 21.4. The molecule has 158 valence electrons. The van der Waals surface area contributed by atoms with Crippen molar-refractivity contribution in [2.45, 2.75) is 26.3 Å². The van der Waals surface area contributed by atoms with Gasteiger partial charge in [0.05, 0.1) is 17.6 Å². The van der Waals surface area contributed by atoms with E-state index in [1.54, 1.807) is 19.0 Å². The number of rotatable bonds is 8. The van der Waals surface area contributed by atoms with Crippen LogP contribution in [0.1, 0.15) is 35.1 Å². The molecule has 0 bridgehead atoms. The molecule has 7 nitrogen and oxygen atoms in total. The molecule has 3 N–H and O–H groups in total. The van der Waals surface area contributed by atoms with Crippen LogP contribution in [0.5, 0.6) is 0 Å². The van der Waals surface area contributed by atoms with Crippen molar-refractivity contribution in [2.75, 3.05) is 27.2 Å². The molecule has 2 aromatic carbocycles. The monoisotopic (exact) mass is 406 g/mol. The van der Waals surface area contributed by atoms with E-state index in [0.717, 1.165) is 54.3 Å². The topological polar surface area (TPSA) is 85.4 Å². The van der Waals surface area contributed by atoms with Gasteiger partial charge in [-0.2, -0.15) is 0 Å². The van der Waals surface area contributed by atoms with Gasteiger partial charge < -0.3 is 20.5 Å². The summed E-state index contributed by atoms with van der Waals surface area (Å²) in [7, 11) is 3.51. The summed E-state index contributed by atoms with van der Waals surface area (Å²) in [5.74, 6) is 1.80. The number of hydrogen-bond acceptors (Lipinski definition) is 3. The van der Waals surface area contributed by atoms with Gasteiger partial charge in [-0.15, -0.1) is 0 Å². The van der Waals surface area contributed by atoms with Crippen molar-refractivity contribution in [3.63, 3.8) is 0 Å². The second kappa shape index (κ2) is 10.4. The maximum absolute atomic E-state index is 12.0. The van der Waals surface area contributed by atoms with E-state index in [9.17, 15) is 4.79 Å². The van der Waals surface area contributed by atoms with E-state index in [1.807, 2.05) is 55.5 Å². The van der Waals surface area contributed by atoms with Crippen molar-refractivity contribution < 1.29 is 4.79 Å². The zero-order valence-corrected chi connectivity index (χ0v) is 17.9. The van der Waals surface area contributed by atoms with E-state index in [2.05, 4.69) is 25.6 Å². The third-order valence-electron chi connectivity index (χ3n) is 4.69. The highest BCUT2D eigenvalue weighted by atomic mass is 16.2. The molecule has 1 aromatic heterocycles. The van der Waals surface area contributed by atoms with Crippen LogP contribution in [0, 0.1) is 0 Å². The smallest absolute Gasteiger partial charge is 0.253 e. The van der Waals surface area contributed by atoms with E-state index in [-0.39, 0.29) is 5.91 Å². The fourth-order valence-electron chi connectivity index (χ4n) is 3.11. The lowest BCUT2D eigenvalue weighted by atomic mass is 10.1. The summed E-state index contributed by atoms with van der Waals surface area (Å²) < 4.78 is 0. The van der Waals surface area contributed by atoms with Gasteiger partial charge in [-0.1, -0.05) is 24.3 Å². The first-order valence-electron chi connectivity index (χ1n) is 10.3. The standard InChI is InChI=1S/C23H30N6O/c1-4-24-23(26-16-17-11-13-18(14-12-17)22(30)29(2)3)25-15-7-10-21-27-19-8-5-6-9-20(19)28-21/h5-6,8-9,11-14H,4,7,10,15-16H2,1-3H3,(H,27,28)(H2,24,25,26). The number of aromatic amines is 1. The fraction of sp³-hybridized carbons (Fsp3) is 0.348. The predicted molar refractivity (Wildman–Crippen MR) is 122 cm³/mol. The molecule has 0 fully saturated rings. The van der Waals surface area contributed by atoms with Gasteiger partial charge in [0, 0.05) is 39.2 Å². The van der Waals surface area contributed by atoms with Gasteiger partial charge in [0.15, 0.2) is 5.96 Å². The quantitative estimate of drug-likeness (QED) is 0.305. The molecule has 3 rings (SSSR count). The predicted octanol–water partition coefficient (Wildman–Crippen LogP) is 2.95. The lowest BCUT2D eigenvalue weighted by Gasteiger charge is -2.12. The summed E-state index contributed by atoms with van der Waals surface area (Å²) in [5.41, 5.74) is 3.83. The average Bonchev–Trinajstić information content (AvgIpc) is 3.17. The number of aromatic nitrogens is 2. The summed E-state index contributed by atoms with van der Waals surface area (Å²) in [6, 6.07) is 15.7. The molecule has 0 atom stereocenters. The molecule has 1 heterocycles. The molecular weight excluding hydrogens is 376 g/mol. The molecule has 0 aliphatic rings. The fourth-order valence-corrected chi connectivity index (χ4v) is 3.11. The van der Waals surface area contributed by atoms with Crippen LogP contribution >= 0.6 is 0 Å². The van der Waals surface area contributed by atoms with Crippen molar-refractivity contribution >= 4 is 22.9 Å². The molecule has 7 heteroatoms. The van der Waals surface area contributed by atoms with Gasteiger partial charge in [-0.3, -0.25) is 4.79 Å². The number of H-pyrrole nitrogens is 1. The summed E-state index contributed by atoms with van der Waals surface area (Å²) in [4.78, 5) is 26.2. The van der Waals surface area contributed by atoms with Crippen molar-refractivity contribution in [2.24, 2.45) is 4.99 Å². The molecule has 0 radical (unpaired) electrons. The Hall–Kier alpha value is -3.35. The minimum Gasteiger partial charge on any atom is -0.357 e. The number of fused-ring (bicyclic) bond motifs is 1. The van der Waals surface area contributed by atoms with Crippen molar-refractivity contribution in [3.05, 3.63) is 65.5 Å². The SMILES string of the molecule is CCNC(=NCc1ccc(C(=O)N(C)C)cc1)NCCCc1nc2ccccc2[nH]1. The Labute approximate surface area is 177 Å².